The molecule has 55 heavy (non-hydrogen) atoms. The van der Waals surface area contributed by atoms with Gasteiger partial charge in [-0.05, 0) is 105 Å². The van der Waals surface area contributed by atoms with Crippen LogP contribution in [0.2, 0.25) is 0 Å². The SMILES string of the molecule is CC(C)(C)OC(=O)N1CCc2cc(S(=O)(=O)N3CCN(c4cccnn4)CC3)ccc21.O=S(=O)(c1ccc2c(c1)CCN2)N1CCN(c2cccnn2)CC1. The molecule has 2 saturated heterocycles. The topological polar surface area (TPSA) is 174 Å². The molecule has 0 spiro atoms. The minimum absolute atomic E-state index is 0.255. The molecule has 4 aliphatic heterocycles. The maximum Gasteiger partial charge on any atom is 0.414 e. The highest BCUT2D eigenvalue weighted by molar-refractivity contribution is 7.89. The van der Waals surface area contributed by atoms with Crippen LogP contribution < -0.4 is 20.0 Å². The molecule has 2 fully saturated rings. The monoisotopic (exact) mass is 790 g/mol. The lowest BCUT2D eigenvalue weighted by atomic mass is 10.2. The molecule has 0 aliphatic carbocycles. The number of hydrogen-bond acceptors (Lipinski definition) is 13. The number of nitrogens with one attached hydrogen (secondary N) is 1. The van der Waals surface area contributed by atoms with E-state index in [2.05, 4.69) is 30.6 Å². The van der Waals surface area contributed by atoms with Gasteiger partial charge in [-0.25, -0.2) is 21.6 Å². The van der Waals surface area contributed by atoms with E-state index in [1.54, 1.807) is 51.9 Å². The van der Waals surface area contributed by atoms with Crippen molar-refractivity contribution < 1.29 is 26.4 Å². The summed E-state index contributed by atoms with van der Waals surface area (Å²) in [5.41, 5.74) is 3.08. The van der Waals surface area contributed by atoms with Gasteiger partial charge in [0.25, 0.3) is 0 Å². The summed E-state index contributed by atoms with van der Waals surface area (Å²) in [6.45, 7) is 10.8. The summed E-state index contributed by atoms with van der Waals surface area (Å²) in [4.78, 5) is 18.8. The highest BCUT2D eigenvalue weighted by Crippen LogP contribution is 2.33. The summed E-state index contributed by atoms with van der Waals surface area (Å²) in [5, 5.41) is 19.2. The van der Waals surface area contributed by atoms with Gasteiger partial charge in [-0.1, -0.05) is 0 Å². The van der Waals surface area contributed by atoms with Crippen molar-refractivity contribution in [3.8, 4) is 0 Å². The Morgan fingerprint density at radius 2 is 1.20 bits per heavy atom. The van der Waals surface area contributed by atoms with Crippen LogP contribution in [0.3, 0.4) is 0 Å². The molecule has 8 rings (SSSR count). The normalized spacial score (nSPS) is 17.8. The fourth-order valence-corrected chi connectivity index (χ4v) is 9.97. The highest BCUT2D eigenvalue weighted by atomic mass is 32.2. The van der Waals surface area contributed by atoms with E-state index in [0.717, 1.165) is 41.4 Å². The quantitative estimate of drug-likeness (QED) is 0.302. The Balaban J connectivity index is 0.000000174. The molecule has 18 heteroatoms. The Kier molecular flexibility index (Phi) is 10.9. The maximum atomic E-state index is 13.2. The molecular formula is C37H46N10O6S2. The molecule has 0 bridgehead atoms. The molecule has 6 heterocycles. The number of benzene rings is 2. The van der Waals surface area contributed by atoms with Crippen molar-refractivity contribution >= 4 is 49.2 Å². The van der Waals surface area contributed by atoms with Gasteiger partial charge in [0.1, 0.15) is 5.60 Å². The van der Waals surface area contributed by atoms with Crippen molar-refractivity contribution in [2.24, 2.45) is 0 Å². The number of nitrogens with zero attached hydrogens (tertiary/aromatic N) is 9. The molecule has 0 unspecified atom stereocenters. The summed E-state index contributed by atoms with van der Waals surface area (Å²) < 4.78 is 60.7. The molecule has 4 aromatic rings. The van der Waals surface area contributed by atoms with Crippen LogP contribution in [0.4, 0.5) is 27.8 Å². The summed E-state index contributed by atoms with van der Waals surface area (Å²) in [7, 11) is -7.07. The third-order valence-corrected chi connectivity index (χ3v) is 13.7. The predicted molar refractivity (Wildman–Crippen MR) is 208 cm³/mol. The lowest BCUT2D eigenvalue weighted by molar-refractivity contribution is 0.0584. The van der Waals surface area contributed by atoms with Gasteiger partial charge in [0.2, 0.25) is 20.0 Å². The molecule has 1 amide bonds. The minimum Gasteiger partial charge on any atom is -0.443 e. The van der Waals surface area contributed by atoms with Crippen LogP contribution in [-0.2, 0) is 37.6 Å². The fraction of sp³-hybridized carbons (Fsp3) is 0.432. The lowest BCUT2D eigenvalue weighted by Gasteiger charge is -2.34. The summed E-state index contributed by atoms with van der Waals surface area (Å²) in [5.74, 6) is 1.54. The van der Waals surface area contributed by atoms with Crippen LogP contribution in [0.15, 0.2) is 82.8 Å². The molecule has 2 aromatic carbocycles. The number of anilines is 4. The van der Waals surface area contributed by atoms with Gasteiger partial charge in [0.15, 0.2) is 11.6 Å². The number of carbonyl (C=O) groups is 1. The van der Waals surface area contributed by atoms with E-state index in [0.29, 0.717) is 75.9 Å². The second kappa shape index (κ2) is 15.7. The van der Waals surface area contributed by atoms with Gasteiger partial charge >= 0.3 is 6.09 Å². The van der Waals surface area contributed by atoms with Gasteiger partial charge in [0, 0.05) is 83.5 Å². The first-order valence-corrected chi connectivity index (χ1v) is 21.2. The van der Waals surface area contributed by atoms with Crippen molar-refractivity contribution in [3.05, 3.63) is 84.2 Å². The Hall–Kier alpha value is -4.91. The highest BCUT2D eigenvalue weighted by Gasteiger charge is 2.34. The predicted octanol–water partition coefficient (Wildman–Crippen LogP) is 3.24. The first-order chi connectivity index (χ1) is 26.3. The molecule has 0 radical (unpaired) electrons. The van der Waals surface area contributed by atoms with E-state index in [9.17, 15) is 21.6 Å². The third kappa shape index (κ3) is 8.51. The largest absolute Gasteiger partial charge is 0.443 e. The molecular weight excluding hydrogens is 745 g/mol. The third-order valence-electron chi connectivity index (χ3n) is 9.86. The first kappa shape index (κ1) is 38.4. The van der Waals surface area contributed by atoms with Crippen LogP contribution in [0.5, 0.6) is 0 Å². The Morgan fingerprint density at radius 1 is 0.673 bits per heavy atom. The Labute approximate surface area is 322 Å². The first-order valence-electron chi connectivity index (χ1n) is 18.4. The minimum atomic E-state index is -3.62. The molecule has 16 nitrogen and oxygen atoms in total. The number of piperazine rings is 2. The second-order valence-electron chi connectivity index (χ2n) is 14.6. The molecule has 292 valence electrons. The van der Waals surface area contributed by atoms with Gasteiger partial charge in [-0.3, -0.25) is 4.90 Å². The van der Waals surface area contributed by atoms with E-state index >= 15 is 0 Å². The Bertz CT molecular complexity index is 2210. The average Bonchev–Trinajstić information content (AvgIpc) is 3.85. The van der Waals surface area contributed by atoms with Crippen LogP contribution in [0, 0.1) is 0 Å². The van der Waals surface area contributed by atoms with E-state index in [-0.39, 0.29) is 4.90 Å². The van der Waals surface area contributed by atoms with Gasteiger partial charge in [0.05, 0.1) is 15.5 Å². The van der Waals surface area contributed by atoms with Crippen molar-refractivity contribution in [1.82, 2.24) is 29.0 Å². The number of hydrogen-bond donors (Lipinski definition) is 1. The lowest BCUT2D eigenvalue weighted by Crippen LogP contribution is -2.49. The number of carbonyl (C=O) groups excluding carboxylic acids is 1. The molecule has 4 aliphatic rings. The van der Waals surface area contributed by atoms with Crippen LogP contribution in [0.25, 0.3) is 0 Å². The standard InChI is InChI=1S/C21H27N5O4S.C16H19N5O2S/c1-21(2,3)30-20(27)26-10-8-16-15-17(6-7-18(16)26)31(28,29)25-13-11-24(12-14-25)19-5-4-9-22-23-19;22-24(23,14-3-4-15-13(12-14)5-7-17-15)21-10-8-20(9-11-21)16-2-1-6-18-19-16/h4-7,9,15H,8,10-14H2,1-3H3;1-4,6,12,17H,5,7-11H2. The number of fused-ring (bicyclic) bond motifs is 2. The smallest absolute Gasteiger partial charge is 0.414 e. The van der Waals surface area contributed by atoms with Crippen molar-refractivity contribution in [2.45, 2.75) is 49.0 Å². The second-order valence-corrected chi connectivity index (χ2v) is 18.5. The number of ether oxygens (including phenoxy) is 1. The summed E-state index contributed by atoms with van der Waals surface area (Å²) in [6.07, 6.45) is 4.30. The molecule has 0 atom stereocenters. The number of sulfonamides is 2. The molecule has 1 N–H and O–H groups in total. The molecule has 0 saturated carbocycles. The summed E-state index contributed by atoms with van der Waals surface area (Å²) in [6, 6.07) is 17.7. The number of rotatable bonds is 6. The van der Waals surface area contributed by atoms with Gasteiger partial charge < -0.3 is 19.9 Å². The number of amides is 1. The van der Waals surface area contributed by atoms with E-state index < -0.39 is 31.7 Å². The maximum absolute atomic E-state index is 13.2. The van der Waals surface area contributed by atoms with E-state index in [1.165, 1.54) is 4.31 Å². The molecule has 2 aromatic heterocycles. The van der Waals surface area contributed by atoms with Gasteiger partial charge in [-0.2, -0.15) is 18.8 Å². The van der Waals surface area contributed by atoms with E-state index in [1.807, 2.05) is 56.0 Å². The van der Waals surface area contributed by atoms with Crippen molar-refractivity contribution in [3.63, 3.8) is 0 Å². The van der Waals surface area contributed by atoms with Crippen molar-refractivity contribution in [1.29, 1.82) is 0 Å². The fourth-order valence-electron chi connectivity index (χ4n) is 7.02. The average molecular weight is 791 g/mol. The zero-order valence-electron chi connectivity index (χ0n) is 31.2. The van der Waals surface area contributed by atoms with Gasteiger partial charge in [-0.15, -0.1) is 10.2 Å². The summed E-state index contributed by atoms with van der Waals surface area (Å²) >= 11 is 0. The van der Waals surface area contributed by atoms with Crippen LogP contribution >= 0.6 is 0 Å². The van der Waals surface area contributed by atoms with Crippen molar-refractivity contribution in [2.75, 3.05) is 85.5 Å². The van der Waals surface area contributed by atoms with Crippen LogP contribution in [0.1, 0.15) is 31.9 Å². The zero-order chi connectivity index (χ0) is 38.8. The number of aromatic nitrogens is 4. The van der Waals surface area contributed by atoms with Crippen LogP contribution in [-0.4, -0.2) is 123 Å². The Morgan fingerprint density at radius 3 is 1.71 bits per heavy atom. The zero-order valence-corrected chi connectivity index (χ0v) is 32.8. The van der Waals surface area contributed by atoms with E-state index in [4.69, 9.17) is 4.74 Å².